The van der Waals surface area contributed by atoms with E-state index >= 15 is 0 Å². The van der Waals surface area contributed by atoms with E-state index in [-0.39, 0.29) is 17.0 Å². The monoisotopic (exact) mass is 299 g/mol. The molecule has 10 heteroatoms. The van der Waals surface area contributed by atoms with Crippen molar-refractivity contribution in [2.45, 2.75) is 37.6 Å². The van der Waals surface area contributed by atoms with E-state index in [1.54, 1.807) is 0 Å². The van der Waals surface area contributed by atoms with Crippen molar-refractivity contribution in [3.63, 3.8) is 0 Å². The quantitative estimate of drug-likeness (QED) is 0.494. The first-order chi connectivity index (χ1) is 9.90. The summed E-state index contributed by atoms with van der Waals surface area (Å²) in [4.78, 5) is 10.9. The van der Waals surface area contributed by atoms with Crippen molar-refractivity contribution >= 4 is 17.0 Å². The summed E-state index contributed by atoms with van der Waals surface area (Å²) in [5.74, 6) is -0.142. The van der Waals surface area contributed by atoms with Gasteiger partial charge in [0.1, 0.15) is 18.3 Å². The number of anilines is 1. The minimum Gasteiger partial charge on any atom is -0.391 e. The lowest BCUT2D eigenvalue weighted by Crippen LogP contribution is -2.37. The number of aliphatic hydroxyl groups is 3. The summed E-state index contributed by atoms with van der Waals surface area (Å²) >= 11 is 0. The van der Waals surface area contributed by atoms with Crippen LogP contribution in [0.25, 0.3) is 11.2 Å². The minimum absolute atomic E-state index is 0.0301. The van der Waals surface area contributed by atoms with Crippen LogP contribution < -0.4 is 5.73 Å². The van der Waals surface area contributed by atoms with E-state index in [1.807, 2.05) is 0 Å². The van der Waals surface area contributed by atoms with Gasteiger partial charge in [-0.2, -0.15) is 14.4 Å². The summed E-state index contributed by atoms with van der Waals surface area (Å²) in [7, 11) is 0. The van der Waals surface area contributed by atoms with Gasteiger partial charge < -0.3 is 25.8 Å². The molecule has 0 aliphatic carbocycles. The third kappa shape index (κ3) is 2.12. The molecule has 9 nitrogen and oxygen atoms in total. The molecule has 1 aliphatic heterocycles. The Morgan fingerprint density at radius 3 is 2.71 bits per heavy atom. The molecule has 5 N–H and O–H groups in total. The number of imidazole rings is 1. The molecule has 2 aromatic heterocycles. The normalized spacial score (nSPS) is 30.9. The van der Waals surface area contributed by atoms with Crippen LogP contribution in [-0.4, -0.2) is 59.3 Å². The zero-order chi connectivity index (χ0) is 15.3. The van der Waals surface area contributed by atoms with E-state index in [0.29, 0.717) is 0 Å². The molecule has 0 saturated carbocycles. The predicted octanol–water partition coefficient (Wildman–Crippen LogP) is -1.45. The molecule has 1 aliphatic rings. The molecule has 0 radical (unpaired) electrons. The summed E-state index contributed by atoms with van der Waals surface area (Å²) in [6, 6.07) is 0. The number of rotatable bonds is 2. The van der Waals surface area contributed by atoms with Crippen LogP contribution in [0.15, 0.2) is 6.33 Å². The van der Waals surface area contributed by atoms with Crippen LogP contribution in [0.2, 0.25) is 0 Å². The van der Waals surface area contributed by atoms with E-state index in [0.717, 1.165) is 0 Å². The van der Waals surface area contributed by atoms with Gasteiger partial charge in [-0.05, 0) is 6.92 Å². The maximum atomic E-state index is 13.3. The van der Waals surface area contributed by atoms with Crippen LogP contribution in [-0.2, 0) is 4.74 Å². The van der Waals surface area contributed by atoms with Crippen molar-refractivity contribution in [1.82, 2.24) is 19.5 Å². The number of aliphatic hydroxyl groups excluding tert-OH is 3. The van der Waals surface area contributed by atoms with Crippen LogP contribution in [0.4, 0.5) is 10.2 Å². The van der Waals surface area contributed by atoms with E-state index < -0.39 is 36.7 Å². The van der Waals surface area contributed by atoms with Gasteiger partial charge in [-0.25, -0.2) is 4.98 Å². The minimum atomic E-state index is -1.33. The largest absolute Gasteiger partial charge is 0.391 e. The second-order valence-electron chi connectivity index (χ2n) is 4.91. The summed E-state index contributed by atoms with van der Waals surface area (Å²) in [5, 5.41) is 29.5. The number of ether oxygens (including phenoxy) is 1. The first kappa shape index (κ1) is 14.1. The van der Waals surface area contributed by atoms with Gasteiger partial charge in [0, 0.05) is 0 Å². The molecule has 0 amide bonds. The van der Waals surface area contributed by atoms with E-state index in [1.165, 1.54) is 17.8 Å². The number of nitrogens with zero attached hydrogens (tertiary/aromatic N) is 4. The van der Waals surface area contributed by atoms with Crippen molar-refractivity contribution in [2.24, 2.45) is 0 Å². The van der Waals surface area contributed by atoms with E-state index in [4.69, 9.17) is 10.5 Å². The molecule has 3 heterocycles. The molecule has 1 fully saturated rings. The van der Waals surface area contributed by atoms with Crippen molar-refractivity contribution in [3.8, 4) is 0 Å². The summed E-state index contributed by atoms with van der Waals surface area (Å²) in [6.45, 7) is 1.43. The first-order valence-corrected chi connectivity index (χ1v) is 6.25. The highest BCUT2D eigenvalue weighted by molar-refractivity contribution is 5.81. The zero-order valence-electron chi connectivity index (χ0n) is 11.0. The molecular formula is C11H14FN5O4. The zero-order valence-corrected chi connectivity index (χ0v) is 11.0. The van der Waals surface area contributed by atoms with Gasteiger partial charge in [-0.15, -0.1) is 0 Å². The maximum Gasteiger partial charge on any atom is 0.312 e. The van der Waals surface area contributed by atoms with Crippen molar-refractivity contribution in [2.75, 3.05) is 5.73 Å². The lowest BCUT2D eigenvalue weighted by molar-refractivity contribution is -0.0777. The topological polar surface area (TPSA) is 140 Å². The Morgan fingerprint density at radius 1 is 1.38 bits per heavy atom. The molecule has 0 unspecified atom stereocenters. The smallest absolute Gasteiger partial charge is 0.312 e. The van der Waals surface area contributed by atoms with Crippen molar-refractivity contribution < 1.29 is 24.4 Å². The Bertz CT molecular complexity index is 678. The summed E-state index contributed by atoms with van der Waals surface area (Å²) in [6.07, 6.45) is -5.46. The highest BCUT2D eigenvalue weighted by Crippen LogP contribution is 2.33. The number of nitrogens with two attached hydrogens (primary N) is 1. The second-order valence-corrected chi connectivity index (χ2v) is 4.91. The SMILES string of the molecule is C[C@H](O)[C@H]1O[C@@H](n2cnc3c(N)nc(F)nc32)[C@H](O)[C@@H]1O. The standard InChI is InChI=1S/C11H14FN5O4/c1-3(18)7-5(19)6(20)10(21-7)17-2-14-4-8(13)15-11(12)16-9(4)17/h2-3,5-7,10,18-20H,1H3,(H2,13,15,16)/t3-,5-,6+,7+,10+/m0/s1. The molecule has 0 spiro atoms. The molecule has 0 aromatic carbocycles. The third-order valence-electron chi connectivity index (χ3n) is 3.45. The molecule has 1 saturated heterocycles. The first-order valence-electron chi connectivity index (χ1n) is 6.25. The molecule has 5 atom stereocenters. The van der Waals surface area contributed by atoms with Crippen LogP contribution in [0.5, 0.6) is 0 Å². The molecular weight excluding hydrogens is 285 g/mol. The highest BCUT2D eigenvalue weighted by Gasteiger charge is 2.46. The highest BCUT2D eigenvalue weighted by atomic mass is 19.1. The van der Waals surface area contributed by atoms with Crippen molar-refractivity contribution in [1.29, 1.82) is 0 Å². The second kappa shape index (κ2) is 4.84. The fraction of sp³-hybridized carbons (Fsp3) is 0.545. The fourth-order valence-electron chi connectivity index (χ4n) is 2.41. The van der Waals surface area contributed by atoms with Gasteiger partial charge >= 0.3 is 6.08 Å². The predicted molar refractivity (Wildman–Crippen MR) is 67.3 cm³/mol. The van der Waals surface area contributed by atoms with Crippen LogP contribution in [0.1, 0.15) is 13.2 Å². The molecule has 0 bridgehead atoms. The number of hydrogen-bond donors (Lipinski definition) is 4. The number of aromatic nitrogens is 4. The lowest BCUT2D eigenvalue weighted by atomic mass is 10.1. The van der Waals surface area contributed by atoms with Gasteiger partial charge in [0.05, 0.1) is 12.4 Å². The van der Waals surface area contributed by atoms with Crippen LogP contribution in [0.3, 0.4) is 0 Å². The maximum absolute atomic E-state index is 13.3. The van der Waals surface area contributed by atoms with Gasteiger partial charge in [0.2, 0.25) is 0 Å². The Morgan fingerprint density at radius 2 is 2.10 bits per heavy atom. The molecule has 3 rings (SSSR count). The molecule has 2 aromatic rings. The average Bonchev–Trinajstić information content (AvgIpc) is 2.93. The van der Waals surface area contributed by atoms with Gasteiger partial charge in [0.25, 0.3) is 0 Å². The number of nitrogen functional groups attached to an aromatic ring is 1. The van der Waals surface area contributed by atoms with Gasteiger partial charge in [-0.1, -0.05) is 0 Å². The fourth-order valence-corrected chi connectivity index (χ4v) is 2.41. The Kier molecular flexibility index (Phi) is 3.24. The Hall–Kier alpha value is -1.88. The van der Waals surface area contributed by atoms with Gasteiger partial charge in [0.15, 0.2) is 23.2 Å². The van der Waals surface area contributed by atoms with Gasteiger partial charge in [-0.3, -0.25) is 4.57 Å². The summed E-state index contributed by atoms with van der Waals surface area (Å²) in [5.41, 5.74) is 5.73. The third-order valence-corrected chi connectivity index (χ3v) is 3.45. The molecule has 21 heavy (non-hydrogen) atoms. The number of fused-ring (bicyclic) bond motifs is 1. The molecule has 114 valence electrons. The number of hydrogen-bond acceptors (Lipinski definition) is 8. The van der Waals surface area contributed by atoms with E-state index in [2.05, 4.69) is 15.0 Å². The Labute approximate surface area is 117 Å². The summed E-state index contributed by atoms with van der Waals surface area (Å²) < 4.78 is 20.0. The van der Waals surface area contributed by atoms with Crippen molar-refractivity contribution in [3.05, 3.63) is 12.4 Å². The number of halogens is 1. The van der Waals surface area contributed by atoms with E-state index in [9.17, 15) is 19.7 Å². The van der Waals surface area contributed by atoms with Crippen LogP contribution >= 0.6 is 0 Å². The lowest BCUT2D eigenvalue weighted by Gasteiger charge is -2.17. The Balaban J connectivity index is 2.05. The van der Waals surface area contributed by atoms with Crippen LogP contribution in [0, 0.1) is 6.08 Å². The average molecular weight is 299 g/mol.